The predicted molar refractivity (Wildman–Crippen MR) is 224 cm³/mol. The summed E-state index contributed by atoms with van der Waals surface area (Å²) in [5.41, 5.74) is 8.63. The zero-order valence-electron chi connectivity index (χ0n) is 33.4. The molecule has 0 saturated heterocycles. The van der Waals surface area contributed by atoms with E-state index in [-0.39, 0.29) is 47.2 Å². The molecule has 6 aromatic rings. The second kappa shape index (κ2) is 17.2. The van der Waals surface area contributed by atoms with E-state index in [1.807, 2.05) is 62.4 Å². The highest BCUT2D eigenvalue weighted by molar-refractivity contribution is 5.96. The minimum Gasteiger partial charge on any atom is -0.472 e. The molecule has 8 rings (SSSR count). The first-order valence-electron chi connectivity index (χ1n) is 19.7. The standard InChI is InChI=1S/2C25H23F2NO/c2*1-15(2)17-7-9-18(10-8-17)19-11-13-20(14-12-19)24-16(3)29-25(28-24)23-21(26)5-4-6-22(23)27/h2*4-16,24H,1-3H3/t2*16-,24-/m10/s1. The smallest absolute Gasteiger partial charge is 0.223 e. The van der Waals surface area contributed by atoms with Crippen molar-refractivity contribution in [3.8, 4) is 22.3 Å². The van der Waals surface area contributed by atoms with Gasteiger partial charge in [-0.25, -0.2) is 27.5 Å². The molecule has 2 heterocycles. The molecule has 4 nitrogen and oxygen atoms in total. The van der Waals surface area contributed by atoms with Gasteiger partial charge in [-0.05, 0) is 94.5 Å². The van der Waals surface area contributed by atoms with Gasteiger partial charge in [-0.2, -0.15) is 0 Å². The average molecular weight is 783 g/mol. The van der Waals surface area contributed by atoms with Crippen LogP contribution in [-0.2, 0) is 9.47 Å². The average Bonchev–Trinajstić information content (AvgIpc) is 3.79. The first-order valence-corrected chi connectivity index (χ1v) is 19.7. The molecule has 2 aliphatic heterocycles. The molecule has 0 radical (unpaired) electrons. The lowest BCUT2D eigenvalue weighted by Gasteiger charge is -2.14. The molecule has 0 saturated carbocycles. The van der Waals surface area contributed by atoms with E-state index in [0.29, 0.717) is 11.8 Å². The Labute approximate surface area is 338 Å². The van der Waals surface area contributed by atoms with Gasteiger partial charge in [0.2, 0.25) is 11.8 Å². The molecule has 6 aromatic carbocycles. The Bertz CT molecular complexity index is 2210. The van der Waals surface area contributed by atoms with Crippen molar-refractivity contribution in [2.24, 2.45) is 9.98 Å². The van der Waals surface area contributed by atoms with Crippen molar-refractivity contribution in [1.29, 1.82) is 0 Å². The number of nitrogens with zero attached hydrogens (tertiary/aromatic N) is 2. The van der Waals surface area contributed by atoms with Crippen LogP contribution in [0.2, 0.25) is 0 Å². The van der Waals surface area contributed by atoms with E-state index in [1.165, 1.54) is 47.5 Å². The summed E-state index contributed by atoms with van der Waals surface area (Å²) in [6.07, 6.45) is -0.611. The summed E-state index contributed by atoms with van der Waals surface area (Å²) >= 11 is 0. The Morgan fingerprint density at radius 2 is 0.690 bits per heavy atom. The highest BCUT2D eigenvalue weighted by Gasteiger charge is 2.33. The summed E-state index contributed by atoms with van der Waals surface area (Å²) in [7, 11) is 0. The van der Waals surface area contributed by atoms with Crippen LogP contribution < -0.4 is 0 Å². The van der Waals surface area contributed by atoms with Gasteiger partial charge in [0.1, 0.15) is 58.7 Å². The second-order valence-corrected chi connectivity index (χ2v) is 15.4. The van der Waals surface area contributed by atoms with Gasteiger partial charge in [-0.1, -0.05) is 137 Å². The Kier molecular flexibility index (Phi) is 11.9. The number of ether oxygens (including phenoxy) is 2. The molecular weight excluding hydrogens is 737 g/mol. The van der Waals surface area contributed by atoms with Gasteiger partial charge >= 0.3 is 0 Å². The molecule has 2 aliphatic rings. The maximum atomic E-state index is 14.1. The number of hydrogen-bond acceptors (Lipinski definition) is 4. The molecule has 296 valence electrons. The third-order valence-corrected chi connectivity index (χ3v) is 10.7. The number of rotatable bonds is 8. The molecule has 4 atom stereocenters. The summed E-state index contributed by atoms with van der Waals surface area (Å²) in [5.74, 6) is -1.64. The summed E-state index contributed by atoms with van der Waals surface area (Å²) in [6.45, 7) is 12.4. The van der Waals surface area contributed by atoms with Crippen molar-refractivity contribution < 1.29 is 27.0 Å². The zero-order valence-corrected chi connectivity index (χ0v) is 33.4. The third-order valence-electron chi connectivity index (χ3n) is 10.7. The highest BCUT2D eigenvalue weighted by Crippen LogP contribution is 2.35. The van der Waals surface area contributed by atoms with Gasteiger partial charge in [-0.3, -0.25) is 0 Å². The number of halogens is 4. The van der Waals surface area contributed by atoms with Crippen molar-refractivity contribution in [2.75, 3.05) is 0 Å². The maximum Gasteiger partial charge on any atom is 0.223 e. The van der Waals surface area contributed by atoms with Crippen LogP contribution in [-0.4, -0.2) is 24.0 Å². The van der Waals surface area contributed by atoms with Crippen LogP contribution in [0.4, 0.5) is 17.6 Å². The Balaban J connectivity index is 0.000000177. The molecule has 0 unspecified atom stereocenters. The quantitative estimate of drug-likeness (QED) is 0.144. The molecule has 0 aromatic heterocycles. The van der Waals surface area contributed by atoms with Crippen molar-refractivity contribution in [3.63, 3.8) is 0 Å². The maximum absolute atomic E-state index is 14.1. The predicted octanol–water partition coefficient (Wildman–Crippen LogP) is 13.3. The van der Waals surface area contributed by atoms with E-state index in [4.69, 9.17) is 9.47 Å². The second-order valence-electron chi connectivity index (χ2n) is 15.4. The van der Waals surface area contributed by atoms with Gasteiger partial charge in [0.15, 0.2) is 0 Å². The lowest BCUT2D eigenvalue weighted by molar-refractivity contribution is 0.212. The monoisotopic (exact) mass is 782 g/mol. The first-order chi connectivity index (χ1) is 27.9. The molecule has 58 heavy (non-hydrogen) atoms. The lowest BCUT2D eigenvalue weighted by atomic mass is 9.96. The molecule has 0 spiro atoms. The normalized spacial score (nSPS) is 18.6. The van der Waals surface area contributed by atoms with Gasteiger partial charge < -0.3 is 9.47 Å². The zero-order chi connectivity index (χ0) is 41.1. The van der Waals surface area contributed by atoms with Gasteiger partial charge in [0.05, 0.1) is 0 Å². The van der Waals surface area contributed by atoms with Crippen molar-refractivity contribution in [2.45, 2.75) is 77.7 Å². The SMILES string of the molecule is CC(C)c1ccc(-c2ccc([C@@H]3N=C(c4c(F)cccc4F)O[C@@H]3C)cc2)cc1.CC(C)c1ccc(-c2ccc([C@H]3N=C(c4c(F)cccc4F)O[C@H]3C)cc2)cc1. The van der Waals surface area contributed by atoms with E-state index in [2.05, 4.69) is 86.2 Å². The molecular formula is C50H46F4N2O2. The van der Waals surface area contributed by atoms with Crippen LogP contribution in [0.3, 0.4) is 0 Å². The molecule has 0 aliphatic carbocycles. The van der Waals surface area contributed by atoms with Crippen LogP contribution in [0, 0.1) is 23.3 Å². The fraction of sp³-hybridized carbons (Fsp3) is 0.240. The van der Waals surface area contributed by atoms with E-state index in [0.717, 1.165) is 33.4 Å². The number of aliphatic imine (C=N–C) groups is 2. The van der Waals surface area contributed by atoms with Crippen LogP contribution >= 0.6 is 0 Å². The Morgan fingerprint density at radius 3 is 0.966 bits per heavy atom. The van der Waals surface area contributed by atoms with E-state index < -0.39 is 23.3 Å². The third kappa shape index (κ3) is 8.61. The van der Waals surface area contributed by atoms with Crippen LogP contribution in [0.15, 0.2) is 143 Å². The fourth-order valence-corrected chi connectivity index (χ4v) is 7.21. The summed E-state index contributed by atoms with van der Waals surface area (Å²) < 4.78 is 67.7. The first kappa shape index (κ1) is 40.2. The van der Waals surface area contributed by atoms with Crippen molar-refractivity contribution in [1.82, 2.24) is 0 Å². The van der Waals surface area contributed by atoms with Crippen molar-refractivity contribution >= 4 is 11.8 Å². The largest absolute Gasteiger partial charge is 0.472 e. The van der Waals surface area contributed by atoms with E-state index >= 15 is 0 Å². The molecule has 0 bridgehead atoms. The Hall–Kier alpha value is -6.02. The van der Waals surface area contributed by atoms with Gasteiger partial charge in [-0.15, -0.1) is 0 Å². The van der Waals surface area contributed by atoms with Crippen molar-refractivity contribution in [3.05, 3.63) is 190 Å². The highest BCUT2D eigenvalue weighted by atomic mass is 19.1. The molecule has 8 heteroatoms. The summed E-state index contributed by atoms with van der Waals surface area (Å²) in [6, 6.07) is 40.2. The van der Waals surface area contributed by atoms with E-state index in [1.54, 1.807) is 0 Å². The molecule has 0 amide bonds. The molecule has 0 N–H and O–H groups in total. The van der Waals surface area contributed by atoms with Crippen LogP contribution in [0.5, 0.6) is 0 Å². The molecule has 0 fully saturated rings. The summed E-state index contributed by atoms with van der Waals surface area (Å²) in [5, 5.41) is 0. The Morgan fingerprint density at radius 1 is 0.414 bits per heavy atom. The van der Waals surface area contributed by atoms with Gasteiger partial charge in [0, 0.05) is 0 Å². The van der Waals surface area contributed by atoms with Crippen LogP contribution in [0.1, 0.15) is 98.8 Å². The van der Waals surface area contributed by atoms with Gasteiger partial charge in [0.25, 0.3) is 0 Å². The number of hydrogen-bond donors (Lipinski definition) is 0. The number of benzene rings is 6. The summed E-state index contributed by atoms with van der Waals surface area (Å²) in [4.78, 5) is 8.96. The minimum atomic E-state index is -0.670. The van der Waals surface area contributed by atoms with Crippen LogP contribution in [0.25, 0.3) is 22.3 Å². The topological polar surface area (TPSA) is 43.2 Å². The minimum absolute atomic E-state index is 0.0199. The fourth-order valence-electron chi connectivity index (χ4n) is 7.21. The lowest BCUT2D eigenvalue weighted by Crippen LogP contribution is -2.14. The van der Waals surface area contributed by atoms with E-state index in [9.17, 15) is 17.6 Å².